The molecule has 3 heteroatoms. The summed E-state index contributed by atoms with van der Waals surface area (Å²) in [5.41, 5.74) is 0. The van der Waals surface area contributed by atoms with Crippen LogP contribution in [0.5, 0.6) is 0 Å². The van der Waals surface area contributed by atoms with Crippen LogP contribution < -0.4 is 4.80 Å². The Morgan fingerprint density at radius 1 is 0.750 bits per heavy atom. The van der Waals surface area contributed by atoms with Crippen molar-refractivity contribution in [1.29, 1.82) is 0 Å². The zero-order valence-electron chi connectivity index (χ0n) is 12.6. The topological polar surface area (TPSA) is 23.1 Å². The van der Waals surface area contributed by atoms with E-state index in [0.29, 0.717) is 0 Å². The third-order valence-electron chi connectivity index (χ3n) is 2.12. The van der Waals surface area contributed by atoms with Crippen molar-refractivity contribution >= 4 is 8.32 Å². The molecular weight excluding hydrogens is 214 g/mol. The molecule has 0 aliphatic carbocycles. The molecule has 0 saturated carbocycles. The maximum Gasteiger partial charge on any atom is 0.0675 e. The monoisotopic (exact) mass is 247 g/mol. The average Bonchev–Trinajstić information content (AvgIpc) is 2.01. The fraction of sp³-hybridized carbons (Fsp3) is 1.00. The summed E-state index contributed by atoms with van der Waals surface area (Å²) in [5, 5.41) is 0. The lowest BCUT2D eigenvalue weighted by Crippen LogP contribution is -2.48. The third-order valence-corrected chi connectivity index (χ3v) is 6.35. The summed E-state index contributed by atoms with van der Waals surface area (Å²) in [5.74, 6) is 0. The van der Waals surface area contributed by atoms with Gasteiger partial charge in [0.25, 0.3) is 0 Å². The van der Waals surface area contributed by atoms with Gasteiger partial charge in [-0.2, -0.15) is 0 Å². The molecule has 0 atom stereocenters. The lowest BCUT2D eigenvalue weighted by molar-refractivity contribution is -0.849. The molecule has 0 heterocycles. The van der Waals surface area contributed by atoms with Gasteiger partial charge < -0.3 is 9.28 Å². The van der Waals surface area contributed by atoms with Crippen LogP contribution in [0, 0.1) is 0 Å². The van der Waals surface area contributed by atoms with E-state index in [-0.39, 0.29) is 0 Å². The molecule has 0 aliphatic heterocycles. The van der Waals surface area contributed by atoms with Gasteiger partial charge in [0.05, 0.1) is 28.2 Å². The smallest absolute Gasteiger partial charge is 0.0675 e. The van der Waals surface area contributed by atoms with Crippen molar-refractivity contribution in [2.75, 3.05) is 28.2 Å². The van der Waals surface area contributed by atoms with E-state index in [4.69, 9.17) is 0 Å². The van der Waals surface area contributed by atoms with E-state index < -0.39 is 8.32 Å². The van der Waals surface area contributed by atoms with Crippen molar-refractivity contribution in [1.82, 2.24) is 0 Å². The zero-order chi connectivity index (χ0) is 13.2. The summed E-state index contributed by atoms with van der Waals surface area (Å²) in [6.45, 7) is 6.39. The van der Waals surface area contributed by atoms with E-state index in [1.807, 2.05) is 0 Å². The first-order valence-corrected chi connectivity index (χ1v) is 9.20. The van der Waals surface area contributed by atoms with E-state index in [9.17, 15) is 4.80 Å². The molecule has 0 spiro atoms. The molecule has 0 bridgehead atoms. The summed E-state index contributed by atoms with van der Waals surface area (Å²) in [4.78, 5) is 12.0. The van der Waals surface area contributed by atoms with Crippen molar-refractivity contribution in [3.63, 3.8) is 0 Å². The van der Waals surface area contributed by atoms with Gasteiger partial charge in [-0.15, -0.1) is 0 Å². The van der Waals surface area contributed by atoms with Gasteiger partial charge in [-0.05, 0) is 8.32 Å². The van der Waals surface area contributed by atoms with Gasteiger partial charge in [0.2, 0.25) is 0 Å². The highest BCUT2D eigenvalue weighted by atomic mass is 28.4. The van der Waals surface area contributed by atoms with E-state index in [2.05, 4.69) is 49.0 Å². The van der Waals surface area contributed by atoms with Crippen molar-refractivity contribution in [2.24, 2.45) is 0 Å². The van der Waals surface area contributed by atoms with Gasteiger partial charge in [0, 0.05) is 0 Å². The SMILES string of the molecule is CCC[Si]([O-])(CCC)CCC.C[N+](C)(C)C. The second kappa shape index (κ2) is 9.20. The molecule has 0 fully saturated rings. The van der Waals surface area contributed by atoms with Crippen LogP contribution in [-0.2, 0) is 0 Å². The van der Waals surface area contributed by atoms with Crippen LogP contribution in [0.4, 0.5) is 0 Å². The first-order valence-electron chi connectivity index (χ1n) is 6.67. The highest BCUT2D eigenvalue weighted by Gasteiger charge is 2.14. The Morgan fingerprint density at radius 3 is 1.06 bits per heavy atom. The van der Waals surface area contributed by atoms with Crippen LogP contribution in [-0.4, -0.2) is 41.0 Å². The van der Waals surface area contributed by atoms with Crippen LogP contribution in [0.15, 0.2) is 0 Å². The van der Waals surface area contributed by atoms with E-state index >= 15 is 0 Å². The molecule has 0 aliphatic rings. The van der Waals surface area contributed by atoms with Gasteiger partial charge in [-0.3, -0.25) is 0 Å². The Kier molecular flexibility index (Phi) is 10.6. The van der Waals surface area contributed by atoms with Crippen molar-refractivity contribution in [2.45, 2.75) is 58.2 Å². The average molecular weight is 247 g/mol. The second-order valence-corrected chi connectivity index (χ2v) is 9.98. The van der Waals surface area contributed by atoms with E-state index in [0.717, 1.165) is 41.9 Å². The number of rotatable bonds is 6. The maximum absolute atomic E-state index is 12.0. The lowest BCUT2D eigenvalue weighted by atomic mass is 10.6. The molecule has 100 valence electrons. The van der Waals surface area contributed by atoms with Gasteiger partial charge in [-0.25, -0.2) is 0 Å². The van der Waals surface area contributed by atoms with Crippen molar-refractivity contribution < 1.29 is 9.28 Å². The highest BCUT2D eigenvalue weighted by Crippen LogP contribution is 2.19. The van der Waals surface area contributed by atoms with E-state index in [1.54, 1.807) is 0 Å². The summed E-state index contributed by atoms with van der Waals surface area (Å²) in [7, 11) is 6.50. The zero-order valence-corrected chi connectivity index (χ0v) is 13.6. The van der Waals surface area contributed by atoms with Crippen LogP contribution in [0.25, 0.3) is 0 Å². The number of hydrogen-bond acceptors (Lipinski definition) is 1. The second-order valence-electron chi connectivity index (χ2n) is 6.12. The van der Waals surface area contributed by atoms with Crippen LogP contribution in [0.3, 0.4) is 0 Å². The van der Waals surface area contributed by atoms with Crippen LogP contribution in [0.1, 0.15) is 40.0 Å². The Hall–Kier alpha value is 0.137. The minimum absolute atomic E-state index is 0.995. The van der Waals surface area contributed by atoms with Gasteiger partial charge in [0.1, 0.15) is 0 Å². The molecule has 0 aromatic rings. The normalized spacial score (nSPS) is 12.0. The highest BCUT2D eigenvalue weighted by molar-refractivity contribution is 6.70. The van der Waals surface area contributed by atoms with Gasteiger partial charge >= 0.3 is 0 Å². The first kappa shape index (κ1) is 18.5. The predicted molar refractivity (Wildman–Crippen MR) is 75.0 cm³/mol. The predicted octanol–water partition coefficient (Wildman–Crippen LogP) is 2.84. The first-order chi connectivity index (χ1) is 7.18. The fourth-order valence-electron chi connectivity index (χ4n) is 1.74. The molecule has 0 rings (SSSR count). The molecule has 16 heavy (non-hydrogen) atoms. The Balaban J connectivity index is 0. The standard InChI is InChI=1S/C9H21OSi.C4H12N/c1-4-7-11(10,8-5-2)9-6-3;1-5(2,3)4/h4-9H2,1-3H3;1-4H3/q-1;+1. The third kappa shape index (κ3) is 16.6. The summed E-state index contributed by atoms with van der Waals surface area (Å²) >= 11 is 0. The summed E-state index contributed by atoms with van der Waals surface area (Å²) in [6, 6.07) is 2.98. The van der Waals surface area contributed by atoms with Crippen LogP contribution >= 0.6 is 0 Å². The molecule has 0 aromatic heterocycles. The Morgan fingerprint density at radius 2 is 0.938 bits per heavy atom. The maximum atomic E-state index is 12.0. The molecule has 0 amide bonds. The Bertz CT molecular complexity index is 131. The Labute approximate surface area is 104 Å². The fourth-order valence-corrected chi connectivity index (χ4v) is 5.23. The van der Waals surface area contributed by atoms with Gasteiger partial charge in [0.15, 0.2) is 0 Å². The number of hydrogen-bond donors (Lipinski definition) is 0. The molecule has 2 nitrogen and oxygen atoms in total. The lowest BCUT2D eigenvalue weighted by Gasteiger charge is -2.38. The van der Waals surface area contributed by atoms with Crippen molar-refractivity contribution in [3.05, 3.63) is 0 Å². The minimum atomic E-state index is -2.00. The summed E-state index contributed by atoms with van der Waals surface area (Å²) in [6.07, 6.45) is 3.28. The largest absolute Gasteiger partial charge is 0.858 e. The number of nitrogens with zero attached hydrogens (tertiary/aromatic N) is 1. The quantitative estimate of drug-likeness (QED) is 0.523. The van der Waals surface area contributed by atoms with Gasteiger partial charge in [-0.1, -0.05) is 58.2 Å². The molecule has 0 aromatic carbocycles. The molecule has 0 unspecified atom stereocenters. The molecule has 0 saturated heterocycles. The molecule has 0 N–H and O–H groups in total. The summed E-state index contributed by atoms with van der Waals surface area (Å²) < 4.78 is 1.00. The van der Waals surface area contributed by atoms with Crippen LogP contribution in [0.2, 0.25) is 18.1 Å². The molecular formula is C13H33NOSi. The number of quaternary nitrogens is 1. The minimum Gasteiger partial charge on any atom is -0.858 e. The molecule has 0 radical (unpaired) electrons. The van der Waals surface area contributed by atoms with Crippen molar-refractivity contribution in [3.8, 4) is 0 Å². The van der Waals surface area contributed by atoms with E-state index in [1.165, 1.54) is 0 Å².